The fourth-order valence-electron chi connectivity index (χ4n) is 2.76. The van der Waals surface area contributed by atoms with Gasteiger partial charge < -0.3 is 10.2 Å². The minimum atomic E-state index is -0.378. The minimum Gasteiger partial charge on any atom is -0.350 e. The monoisotopic (exact) mass is 306 g/mol. The van der Waals surface area contributed by atoms with Gasteiger partial charge in [0.05, 0.1) is 0 Å². The van der Waals surface area contributed by atoms with Crippen molar-refractivity contribution in [1.29, 1.82) is 0 Å². The third kappa shape index (κ3) is 3.64. The van der Waals surface area contributed by atoms with E-state index in [1.54, 1.807) is 24.0 Å². The summed E-state index contributed by atoms with van der Waals surface area (Å²) in [7, 11) is 0. The molecule has 1 atom stereocenters. The van der Waals surface area contributed by atoms with Crippen LogP contribution < -0.4 is 5.32 Å². The van der Waals surface area contributed by atoms with Crippen LogP contribution in [0.15, 0.2) is 18.2 Å². The molecule has 5 heteroatoms. The largest absolute Gasteiger partial charge is 0.350 e. The molecule has 0 spiro atoms. The molecule has 2 rings (SSSR count). The number of hydrogen-bond donors (Lipinski definition) is 1. The van der Waals surface area contributed by atoms with E-state index in [2.05, 4.69) is 5.32 Å². The molecule has 120 valence electrons. The molecule has 4 nitrogen and oxygen atoms in total. The number of benzene rings is 1. The van der Waals surface area contributed by atoms with Crippen LogP contribution in [0.4, 0.5) is 4.39 Å². The van der Waals surface area contributed by atoms with Crippen LogP contribution in [0.3, 0.4) is 0 Å². The molecule has 1 unspecified atom stereocenters. The van der Waals surface area contributed by atoms with Crippen LogP contribution in [-0.2, 0) is 16.1 Å². The van der Waals surface area contributed by atoms with E-state index in [1.807, 2.05) is 13.8 Å². The van der Waals surface area contributed by atoms with Crippen molar-refractivity contribution in [3.63, 3.8) is 0 Å². The lowest BCUT2D eigenvalue weighted by atomic mass is 10.1. The molecule has 1 saturated heterocycles. The fourth-order valence-corrected chi connectivity index (χ4v) is 2.76. The van der Waals surface area contributed by atoms with Crippen molar-refractivity contribution in [2.24, 2.45) is 5.92 Å². The zero-order valence-corrected chi connectivity index (χ0v) is 13.4. The molecule has 22 heavy (non-hydrogen) atoms. The third-order valence-electron chi connectivity index (χ3n) is 4.02. The van der Waals surface area contributed by atoms with Crippen molar-refractivity contribution >= 4 is 11.8 Å². The molecule has 0 aliphatic carbocycles. The Hall–Kier alpha value is -1.91. The lowest BCUT2D eigenvalue weighted by Crippen LogP contribution is -2.47. The van der Waals surface area contributed by atoms with E-state index in [9.17, 15) is 14.0 Å². The predicted octanol–water partition coefficient (Wildman–Crippen LogP) is 2.40. The van der Waals surface area contributed by atoms with Gasteiger partial charge in [-0.2, -0.15) is 0 Å². The Kier molecular flexibility index (Phi) is 5.16. The standard InChI is InChI=1S/C17H23FN2O2/c1-11(2)17(22)20-8-4-5-15(20)16(21)19-10-13-6-7-14(18)12(3)9-13/h6-7,9,11,15H,4-5,8,10H2,1-3H3,(H,19,21). The maximum Gasteiger partial charge on any atom is 0.243 e. The number of hydrogen-bond acceptors (Lipinski definition) is 2. The molecule has 1 N–H and O–H groups in total. The number of carbonyl (C=O) groups excluding carboxylic acids is 2. The van der Waals surface area contributed by atoms with E-state index in [1.165, 1.54) is 6.07 Å². The van der Waals surface area contributed by atoms with Crippen LogP contribution in [0.25, 0.3) is 0 Å². The van der Waals surface area contributed by atoms with Gasteiger partial charge in [-0.25, -0.2) is 4.39 Å². The molecule has 1 fully saturated rings. The van der Waals surface area contributed by atoms with Crippen molar-refractivity contribution in [3.8, 4) is 0 Å². The summed E-state index contributed by atoms with van der Waals surface area (Å²) in [6.45, 7) is 6.37. The lowest BCUT2D eigenvalue weighted by molar-refractivity contribution is -0.140. The summed E-state index contributed by atoms with van der Waals surface area (Å²) in [6.07, 6.45) is 1.55. The van der Waals surface area contributed by atoms with Crippen LogP contribution in [0.2, 0.25) is 0 Å². The zero-order chi connectivity index (χ0) is 16.3. The average Bonchev–Trinajstić information content (AvgIpc) is 2.96. The highest BCUT2D eigenvalue weighted by Gasteiger charge is 2.34. The van der Waals surface area contributed by atoms with Gasteiger partial charge in [0.1, 0.15) is 11.9 Å². The van der Waals surface area contributed by atoms with Crippen LogP contribution in [0.1, 0.15) is 37.8 Å². The topological polar surface area (TPSA) is 49.4 Å². The molecule has 1 aliphatic rings. The maximum absolute atomic E-state index is 13.2. The van der Waals surface area contributed by atoms with Crippen LogP contribution in [0, 0.1) is 18.7 Å². The molecule has 0 bridgehead atoms. The Morgan fingerprint density at radius 3 is 2.77 bits per heavy atom. The van der Waals surface area contributed by atoms with E-state index in [0.717, 1.165) is 12.0 Å². The second kappa shape index (κ2) is 6.90. The van der Waals surface area contributed by atoms with Crippen molar-refractivity contribution < 1.29 is 14.0 Å². The Labute approximate surface area is 130 Å². The van der Waals surface area contributed by atoms with Crippen molar-refractivity contribution in [3.05, 3.63) is 35.1 Å². The van der Waals surface area contributed by atoms with Crippen LogP contribution in [-0.4, -0.2) is 29.3 Å². The molecule has 2 amide bonds. The molecular weight excluding hydrogens is 283 g/mol. The number of nitrogens with one attached hydrogen (secondary N) is 1. The van der Waals surface area contributed by atoms with Gasteiger partial charge in [0.2, 0.25) is 11.8 Å². The first-order valence-electron chi connectivity index (χ1n) is 7.73. The van der Waals surface area contributed by atoms with Gasteiger partial charge >= 0.3 is 0 Å². The molecule has 0 aromatic heterocycles. The van der Waals surface area contributed by atoms with E-state index < -0.39 is 0 Å². The second-order valence-electron chi connectivity index (χ2n) is 6.15. The lowest BCUT2D eigenvalue weighted by Gasteiger charge is -2.25. The highest BCUT2D eigenvalue weighted by Crippen LogP contribution is 2.20. The molecule has 0 radical (unpaired) electrons. The van der Waals surface area contributed by atoms with Crippen molar-refractivity contribution in [1.82, 2.24) is 10.2 Å². The number of rotatable bonds is 4. The van der Waals surface area contributed by atoms with Gasteiger partial charge in [-0.15, -0.1) is 0 Å². The second-order valence-corrected chi connectivity index (χ2v) is 6.15. The minimum absolute atomic E-state index is 0.0234. The highest BCUT2D eigenvalue weighted by molar-refractivity contribution is 5.88. The first kappa shape index (κ1) is 16.5. The van der Waals surface area contributed by atoms with Crippen LogP contribution >= 0.6 is 0 Å². The summed E-state index contributed by atoms with van der Waals surface area (Å²) >= 11 is 0. The van der Waals surface area contributed by atoms with E-state index in [4.69, 9.17) is 0 Å². The number of aryl methyl sites for hydroxylation is 1. The van der Waals surface area contributed by atoms with E-state index in [-0.39, 0.29) is 29.6 Å². The third-order valence-corrected chi connectivity index (χ3v) is 4.02. The number of amides is 2. The molecule has 1 aromatic carbocycles. The predicted molar refractivity (Wildman–Crippen MR) is 82.6 cm³/mol. The highest BCUT2D eigenvalue weighted by atomic mass is 19.1. The van der Waals surface area contributed by atoms with Crippen molar-refractivity contribution in [2.45, 2.75) is 46.2 Å². The smallest absolute Gasteiger partial charge is 0.243 e. The summed E-state index contributed by atoms with van der Waals surface area (Å²) in [4.78, 5) is 26.1. The van der Waals surface area contributed by atoms with Crippen LogP contribution in [0.5, 0.6) is 0 Å². The van der Waals surface area contributed by atoms with Gasteiger partial charge in [0, 0.05) is 19.0 Å². The quantitative estimate of drug-likeness (QED) is 0.928. The number of nitrogens with zero attached hydrogens (tertiary/aromatic N) is 1. The molecular formula is C17H23FN2O2. The van der Waals surface area contributed by atoms with Gasteiger partial charge in [-0.1, -0.05) is 26.0 Å². The molecule has 1 aromatic rings. The molecule has 1 heterocycles. The Morgan fingerprint density at radius 1 is 1.41 bits per heavy atom. The Morgan fingerprint density at radius 2 is 2.14 bits per heavy atom. The van der Waals surface area contributed by atoms with Gasteiger partial charge in [-0.05, 0) is 37.0 Å². The maximum atomic E-state index is 13.2. The molecule has 1 aliphatic heterocycles. The number of halogens is 1. The Balaban J connectivity index is 1.96. The Bertz CT molecular complexity index is 572. The summed E-state index contributed by atoms with van der Waals surface area (Å²) in [6, 6.07) is 4.41. The average molecular weight is 306 g/mol. The fraction of sp³-hybridized carbons (Fsp3) is 0.529. The van der Waals surface area contributed by atoms with Gasteiger partial charge in [0.25, 0.3) is 0 Å². The van der Waals surface area contributed by atoms with Gasteiger partial charge in [-0.3, -0.25) is 9.59 Å². The summed E-state index contributed by atoms with van der Waals surface area (Å²) in [5, 5.41) is 2.86. The van der Waals surface area contributed by atoms with E-state index in [0.29, 0.717) is 25.1 Å². The first-order chi connectivity index (χ1) is 10.4. The summed E-state index contributed by atoms with van der Waals surface area (Å²) in [5.41, 5.74) is 1.41. The van der Waals surface area contributed by atoms with Gasteiger partial charge in [0.15, 0.2) is 0 Å². The normalized spacial score (nSPS) is 17.9. The first-order valence-corrected chi connectivity index (χ1v) is 7.73. The van der Waals surface area contributed by atoms with Crippen molar-refractivity contribution in [2.75, 3.05) is 6.54 Å². The summed E-state index contributed by atoms with van der Waals surface area (Å²) in [5.74, 6) is -0.462. The SMILES string of the molecule is Cc1cc(CNC(=O)C2CCCN2C(=O)C(C)C)ccc1F. The van der Waals surface area contributed by atoms with E-state index >= 15 is 0 Å². The molecule has 0 saturated carbocycles. The summed E-state index contributed by atoms with van der Waals surface area (Å²) < 4.78 is 13.2. The number of likely N-dealkylation sites (tertiary alicyclic amines) is 1. The zero-order valence-electron chi connectivity index (χ0n) is 13.4. The number of carbonyl (C=O) groups is 2.